The van der Waals surface area contributed by atoms with Crippen LogP contribution >= 0.6 is 11.8 Å². The van der Waals surface area contributed by atoms with Crippen LogP contribution in [-0.4, -0.2) is 44.4 Å². The minimum absolute atomic E-state index is 0.112. The Morgan fingerprint density at radius 1 is 1.06 bits per heavy atom. The molecule has 1 amide bonds. The summed E-state index contributed by atoms with van der Waals surface area (Å²) in [6.45, 7) is 0.112. The van der Waals surface area contributed by atoms with Gasteiger partial charge >= 0.3 is 0 Å². The smallest absolute Gasteiger partial charge is 0.273 e. The normalized spacial score (nSPS) is 13.9. The molecule has 0 bridgehead atoms. The summed E-state index contributed by atoms with van der Waals surface area (Å²) in [6.07, 6.45) is 2.93. The van der Waals surface area contributed by atoms with Crippen LogP contribution in [-0.2, 0) is 16.6 Å². The van der Waals surface area contributed by atoms with Gasteiger partial charge in [-0.15, -0.1) is 0 Å². The van der Waals surface area contributed by atoms with Gasteiger partial charge < -0.3 is 4.74 Å². The summed E-state index contributed by atoms with van der Waals surface area (Å²) in [4.78, 5) is 12.9. The van der Waals surface area contributed by atoms with Crippen LogP contribution in [0.3, 0.4) is 0 Å². The van der Waals surface area contributed by atoms with Crippen LogP contribution in [0.1, 0.15) is 21.5 Å². The van der Waals surface area contributed by atoms with E-state index >= 15 is 0 Å². The molecule has 3 aromatic carbocycles. The summed E-state index contributed by atoms with van der Waals surface area (Å²) in [5.74, 6) is 2.33. The highest BCUT2D eigenvalue weighted by atomic mass is 32.2. The van der Waals surface area contributed by atoms with Gasteiger partial charge in [0.25, 0.3) is 5.91 Å². The first-order valence-electron chi connectivity index (χ1n) is 10.7. The third-order valence-electron chi connectivity index (χ3n) is 5.16. The van der Waals surface area contributed by atoms with Crippen molar-refractivity contribution in [1.29, 1.82) is 0 Å². The molecular weight excluding hydrogens is 470 g/mol. The molecule has 176 valence electrons. The lowest BCUT2D eigenvalue weighted by atomic mass is 10.1. The zero-order valence-corrected chi connectivity index (χ0v) is 20.3. The second kappa shape index (κ2) is 10.8. The number of para-hydroxylation sites is 1. The fraction of sp³-hybridized carbons (Fsp3) is 0.200. The molecule has 1 fully saturated rings. The molecule has 0 saturated carbocycles. The maximum absolute atomic E-state index is 12.9. The molecule has 1 heterocycles. The highest BCUT2D eigenvalue weighted by molar-refractivity contribution is 8.00. The van der Waals surface area contributed by atoms with Crippen LogP contribution in [0.5, 0.6) is 5.75 Å². The standard InChI is InChI=1S/C25H25N3O4S2/c1-34(30,31)28(16-20-7-3-2-4-8-20)24-10-6-5-9-23(24)25(29)27-26-15-19-11-13-21(14-12-19)32-22-17-33-18-22/h2-15,22H,16-18H2,1H3,(H,27,29)/b26-15+. The van der Waals surface area contributed by atoms with Gasteiger partial charge in [0.05, 0.1) is 30.3 Å². The van der Waals surface area contributed by atoms with E-state index in [0.717, 1.165) is 34.6 Å². The Bertz CT molecular complexity index is 1260. The van der Waals surface area contributed by atoms with E-state index in [-0.39, 0.29) is 23.9 Å². The van der Waals surface area contributed by atoms with Crippen molar-refractivity contribution >= 4 is 39.6 Å². The molecular formula is C25H25N3O4S2. The van der Waals surface area contributed by atoms with Crippen LogP contribution < -0.4 is 14.5 Å². The Labute approximate surface area is 203 Å². The number of carbonyl (C=O) groups excluding carboxylic acids is 1. The number of nitrogens with one attached hydrogen (secondary N) is 1. The fourth-order valence-electron chi connectivity index (χ4n) is 3.35. The zero-order valence-electron chi connectivity index (χ0n) is 18.6. The van der Waals surface area contributed by atoms with Crippen LogP contribution in [0.15, 0.2) is 84.0 Å². The number of nitrogens with zero attached hydrogens (tertiary/aromatic N) is 2. The Morgan fingerprint density at radius 2 is 1.74 bits per heavy atom. The fourth-order valence-corrected chi connectivity index (χ4v) is 4.81. The zero-order chi connectivity index (χ0) is 24.0. The van der Waals surface area contributed by atoms with Crippen LogP contribution in [0.25, 0.3) is 0 Å². The van der Waals surface area contributed by atoms with Crippen LogP contribution in [0.2, 0.25) is 0 Å². The summed E-state index contributed by atoms with van der Waals surface area (Å²) in [5.41, 5.74) is 4.61. The summed E-state index contributed by atoms with van der Waals surface area (Å²) >= 11 is 1.86. The summed E-state index contributed by atoms with van der Waals surface area (Å²) in [6, 6.07) is 23.3. The largest absolute Gasteiger partial charge is 0.489 e. The lowest BCUT2D eigenvalue weighted by Crippen LogP contribution is -2.32. The van der Waals surface area contributed by atoms with E-state index < -0.39 is 15.9 Å². The van der Waals surface area contributed by atoms with Gasteiger partial charge in [0, 0.05) is 11.5 Å². The first kappa shape index (κ1) is 23.8. The molecule has 1 N–H and O–H groups in total. The van der Waals surface area contributed by atoms with E-state index in [4.69, 9.17) is 4.74 Å². The lowest BCUT2D eigenvalue weighted by Gasteiger charge is -2.25. The highest BCUT2D eigenvalue weighted by Crippen LogP contribution is 2.26. The van der Waals surface area contributed by atoms with Gasteiger partial charge in [0.2, 0.25) is 10.0 Å². The first-order chi connectivity index (χ1) is 16.4. The number of ether oxygens (including phenoxy) is 1. The number of hydrazone groups is 1. The number of hydrogen-bond donors (Lipinski definition) is 1. The van der Waals surface area contributed by atoms with Gasteiger partial charge in [-0.05, 0) is 47.5 Å². The molecule has 0 unspecified atom stereocenters. The molecule has 7 nitrogen and oxygen atoms in total. The average Bonchev–Trinajstić information content (AvgIpc) is 2.81. The molecule has 0 atom stereocenters. The summed E-state index contributed by atoms with van der Waals surface area (Å²) < 4.78 is 32.2. The van der Waals surface area contributed by atoms with E-state index in [1.165, 1.54) is 10.5 Å². The Balaban J connectivity index is 1.47. The minimum Gasteiger partial charge on any atom is -0.489 e. The number of sulfonamides is 1. The molecule has 0 aliphatic carbocycles. The van der Waals surface area contributed by atoms with Gasteiger partial charge in [-0.3, -0.25) is 9.10 Å². The quantitative estimate of drug-likeness (QED) is 0.359. The molecule has 1 aliphatic rings. The second-order valence-electron chi connectivity index (χ2n) is 7.82. The Morgan fingerprint density at radius 3 is 2.38 bits per heavy atom. The predicted molar refractivity (Wildman–Crippen MR) is 137 cm³/mol. The molecule has 0 spiro atoms. The van der Waals surface area contributed by atoms with Gasteiger partial charge in [-0.25, -0.2) is 13.8 Å². The van der Waals surface area contributed by atoms with Crippen LogP contribution in [0, 0.1) is 0 Å². The molecule has 1 aliphatic heterocycles. The van der Waals surface area contributed by atoms with Crippen molar-refractivity contribution in [3.8, 4) is 5.75 Å². The van der Waals surface area contributed by atoms with Crippen molar-refractivity contribution in [3.63, 3.8) is 0 Å². The number of amides is 1. The van der Waals surface area contributed by atoms with Gasteiger partial charge in [0.15, 0.2) is 0 Å². The molecule has 4 rings (SSSR count). The lowest BCUT2D eigenvalue weighted by molar-refractivity contribution is 0.0955. The third-order valence-corrected chi connectivity index (χ3v) is 7.50. The first-order valence-corrected chi connectivity index (χ1v) is 13.7. The molecule has 0 aromatic heterocycles. The van der Waals surface area contributed by atoms with Crippen LogP contribution in [0.4, 0.5) is 5.69 Å². The van der Waals surface area contributed by atoms with E-state index in [1.54, 1.807) is 24.3 Å². The highest BCUT2D eigenvalue weighted by Gasteiger charge is 2.23. The Kier molecular flexibility index (Phi) is 7.54. The van der Waals surface area contributed by atoms with E-state index in [1.807, 2.05) is 66.4 Å². The molecule has 0 radical (unpaired) electrons. The Hall–Kier alpha value is -3.30. The minimum atomic E-state index is -3.64. The molecule has 3 aromatic rings. The van der Waals surface area contributed by atoms with Crippen molar-refractivity contribution < 1.29 is 17.9 Å². The van der Waals surface area contributed by atoms with E-state index in [9.17, 15) is 13.2 Å². The molecule has 1 saturated heterocycles. The molecule has 9 heteroatoms. The second-order valence-corrected chi connectivity index (χ2v) is 10.8. The van der Waals surface area contributed by atoms with Crippen molar-refractivity contribution in [1.82, 2.24) is 5.43 Å². The number of carbonyl (C=O) groups is 1. The monoisotopic (exact) mass is 495 g/mol. The third kappa shape index (κ3) is 6.18. The van der Waals surface area contributed by atoms with Gasteiger partial charge in [-0.2, -0.15) is 16.9 Å². The molecule has 34 heavy (non-hydrogen) atoms. The maximum Gasteiger partial charge on any atom is 0.273 e. The number of benzene rings is 3. The van der Waals surface area contributed by atoms with E-state index in [2.05, 4.69) is 10.5 Å². The van der Waals surface area contributed by atoms with Crippen molar-refractivity contribution in [3.05, 3.63) is 95.6 Å². The topological polar surface area (TPSA) is 88.1 Å². The van der Waals surface area contributed by atoms with Gasteiger partial charge in [0.1, 0.15) is 11.9 Å². The van der Waals surface area contributed by atoms with Crippen molar-refractivity contribution in [2.45, 2.75) is 12.6 Å². The maximum atomic E-state index is 12.9. The van der Waals surface area contributed by atoms with Crippen molar-refractivity contribution in [2.75, 3.05) is 22.1 Å². The summed E-state index contributed by atoms with van der Waals surface area (Å²) in [5, 5.41) is 4.05. The number of anilines is 1. The number of thioether (sulfide) groups is 1. The summed E-state index contributed by atoms with van der Waals surface area (Å²) in [7, 11) is -3.64. The number of rotatable bonds is 9. The van der Waals surface area contributed by atoms with Crippen molar-refractivity contribution in [2.24, 2.45) is 5.10 Å². The van der Waals surface area contributed by atoms with Gasteiger partial charge in [-0.1, -0.05) is 42.5 Å². The predicted octanol–water partition coefficient (Wildman–Crippen LogP) is 3.91. The number of hydrogen-bond acceptors (Lipinski definition) is 6. The SMILES string of the molecule is CS(=O)(=O)N(Cc1ccccc1)c1ccccc1C(=O)N/N=C/c1ccc(OC2CSC2)cc1. The van der Waals surface area contributed by atoms with E-state index in [0.29, 0.717) is 0 Å². The average molecular weight is 496 g/mol.